The van der Waals surface area contributed by atoms with Crippen LogP contribution in [0.25, 0.3) is 0 Å². The number of Topliss-reactive ketones (excluding diaryl/α,β-unsaturated/α-hetero) is 2. The molecule has 1 heterocycles. The predicted octanol–water partition coefficient (Wildman–Crippen LogP) is 3.55. The number of nitrogens with one attached hydrogen (secondary N) is 1. The molecular formula is C55H84N2O19. The van der Waals surface area contributed by atoms with E-state index < -0.39 is 35.5 Å². The number of hydrogen-bond donors (Lipinski definition) is 1. The number of rotatable bonds is 49. The fourth-order valence-electron chi connectivity index (χ4n) is 7.29. The van der Waals surface area contributed by atoms with Crippen LogP contribution in [0.3, 0.4) is 0 Å². The highest BCUT2D eigenvalue weighted by Crippen LogP contribution is 2.25. The summed E-state index contributed by atoms with van der Waals surface area (Å²) in [4.78, 5) is 78.5. The molecule has 428 valence electrons. The van der Waals surface area contributed by atoms with Crippen molar-refractivity contribution in [3.05, 3.63) is 65.2 Å². The van der Waals surface area contributed by atoms with Crippen molar-refractivity contribution in [3.8, 4) is 5.75 Å². The molecule has 2 aromatic carbocycles. The van der Waals surface area contributed by atoms with Gasteiger partial charge in [-0.3, -0.25) is 33.7 Å². The molecular weight excluding hydrogens is 993 g/mol. The van der Waals surface area contributed by atoms with Crippen LogP contribution in [-0.4, -0.2) is 205 Å². The van der Waals surface area contributed by atoms with Crippen LogP contribution in [0.5, 0.6) is 5.75 Å². The van der Waals surface area contributed by atoms with Crippen molar-refractivity contribution >= 4 is 35.3 Å². The van der Waals surface area contributed by atoms with Crippen LogP contribution >= 0.6 is 0 Å². The molecule has 3 amide bonds. The van der Waals surface area contributed by atoms with Crippen LogP contribution in [0.1, 0.15) is 63.1 Å². The molecule has 0 aromatic heterocycles. The molecule has 3 rings (SSSR count). The van der Waals surface area contributed by atoms with E-state index in [1.54, 1.807) is 76.4 Å². The zero-order valence-electron chi connectivity index (χ0n) is 45.3. The van der Waals surface area contributed by atoms with E-state index in [2.05, 4.69) is 5.32 Å². The number of nitrogens with zero attached hydrogens (tertiary/aromatic N) is 1. The van der Waals surface area contributed by atoms with Gasteiger partial charge in [-0.1, -0.05) is 57.2 Å². The summed E-state index contributed by atoms with van der Waals surface area (Å²) in [5, 5.41) is 2.69. The molecule has 2 aromatic rings. The molecule has 1 aliphatic heterocycles. The zero-order chi connectivity index (χ0) is 54.9. The third-order valence-electron chi connectivity index (χ3n) is 11.5. The molecule has 0 aliphatic carbocycles. The molecule has 2 atom stereocenters. The normalized spacial score (nSPS) is 13.4. The number of imide groups is 1. The van der Waals surface area contributed by atoms with Crippen LogP contribution in [0.4, 0.5) is 0 Å². The van der Waals surface area contributed by atoms with E-state index in [9.17, 15) is 28.8 Å². The van der Waals surface area contributed by atoms with Gasteiger partial charge in [0.1, 0.15) is 25.0 Å². The van der Waals surface area contributed by atoms with Crippen molar-refractivity contribution in [2.45, 2.75) is 71.9 Å². The lowest BCUT2D eigenvalue weighted by molar-refractivity contribution is -0.147. The molecule has 1 fully saturated rings. The Hall–Kier alpha value is -4.78. The predicted molar refractivity (Wildman–Crippen MR) is 277 cm³/mol. The third kappa shape index (κ3) is 30.2. The van der Waals surface area contributed by atoms with Gasteiger partial charge in [0.25, 0.3) is 0 Å². The molecule has 76 heavy (non-hydrogen) atoms. The summed E-state index contributed by atoms with van der Waals surface area (Å²) in [5.41, 5.74) is 2.22. The molecule has 21 heteroatoms. The van der Waals surface area contributed by atoms with Crippen molar-refractivity contribution in [2.75, 3.05) is 159 Å². The van der Waals surface area contributed by atoms with Gasteiger partial charge in [0.05, 0.1) is 145 Å². The summed E-state index contributed by atoms with van der Waals surface area (Å²) < 4.78 is 70.8. The van der Waals surface area contributed by atoms with Gasteiger partial charge in [0.2, 0.25) is 17.7 Å². The molecule has 21 nitrogen and oxygen atoms in total. The summed E-state index contributed by atoms with van der Waals surface area (Å²) in [6, 6.07) is 13.0. The van der Waals surface area contributed by atoms with Crippen molar-refractivity contribution in [1.29, 1.82) is 0 Å². The first-order valence-corrected chi connectivity index (χ1v) is 26.4. The summed E-state index contributed by atoms with van der Waals surface area (Å²) in [6.07, 6.45) is 0.230. The highest BCUT2D eigenvalue weighted by molar-refractivity contribution is 6.06. The molecule has 0 saturated carbocycles. The van der Waals surface area contributed by atoms with Gasteiger partial charge < -0.3 is 66.9 Å². The average molecular weight is 1080 g/mol. The first-order chi connectivity index (χ1) is 37.0. The van der Waals surface area contributed by atoms with Crippen molar-refractivity contribution in [3.63, 3.8) is 0 Å². The smallest absolute Gasteiger partial charge is 0.305 e. The number of carbonyl (C=O) groups is 6. The van der Waals surface area contributed by atoms with Crippen molar-refractivity contribution in [1.82, 2.24) is 10.2 Å². The van der Waals surface area contributed by atoms with Gasteiger partial charge in [-0.05, 0) is 34.7 Å². The quantitative estimate of drug-likeness (QED) is 0.0566. The highest BCUT2D eigenvalue weighted by atomic mass is 16.6. The first-order valence-electron chi connectivity index (χ1n) is 26.4. The number of likely N-dealkylation sites (tertiary alicyclic amines) is 1. The second-order valence-electron chi connectivity index (χ2n) is 17.8. The lowest BCUT2D eigenvalue weighted by Gasteiger charge is -2.28. The maximum absolute atomic E-state index is 14.0. The van der Waals surface area contributed by atoms with Crippen molar-refractivity contribution < 1.29 is 90.3 Å². The van der Waals surface area contributed by atoms with Crippen LogP contribution in [0.2, 0.25) is 0 Å². The van der Waals surface area contributed by atoms with Crippen LogP contribution in [-0.2, 0) is 105 Å². The minimum Gasteiger partial charge on any atom is -0.491 e. The van der Waals surface area contributed by atoms with E-state index in [0.29, 0.717) is 150 Å². The van der Waals surface area contributed by atoms with Gasteiger partial charge in [-0.2, -0.15) is 0 Å². The lowest BCUT2D eigenvalue weighted by Crippen LogP contribution is -2.47. The number of esters is 1. The van der Waals surface area contributed by atoms with Gasteiger partial charge in [0, 0.05) is 51.6 Å². The molecule has 1 unspecified atom stereocenters. The Kier molecular flexibility index (Phi) is 36.4. The maximum Gasteiger partial charge on any atom is 0.305 e. The van der Waals surface area contributed by atoms with E-state index in [1.807, 2.05) is 0 Å². The fourth-order valence-corrected chi connectivity index (χ4v) is 7.29. The zero-order valence-corrected chi connectivity index (χ0v) is 45.3. The summed E-state index contributed by atoms with van der Waals surface area (Å²) in [7, 11) is 1.64. The largest absolute Gasteiger partial charge is 0.491 e. The number of ketones is 2. The van der Waals surface area contributed by atoms with Gasteiger partial charge >= 0.3 is 5.97 Å². The van der Waals surface area contributed by atoms with Crippen LogP contribution < -0.4 is 10.1 Å². The first kappa shape index (κ1) is 65.5. The summed E-state index contributed by atoms with van der Waals surface area (Å²) in [5.74, 6) is -2.79. The average Bonchev–Trinajstić information content (AvgIpc) is 3.75. The number of methoxy groups -OCH3 is 1. The minimum atomic E-state index is -1.10. The Morgan fingerprint density at radius 2 is 0.934 bits per heavy atom. The number of ether oxygens (including phenoxy) is 13. The minimum absolute atomic E-state index is 0.0133. The number of benzene rings is 2. The van der Waals surface area contributed by atoms with E-state index in [-0.39, 0.29) is 76.0 Å². The topological polar surface area (TPSA) is 238 Å². The highest BCUT2D eigenvalue weighted by Gasteiger charge is 2.40. The second-order valence-corrected chi connectivity index (χ2v) is 17.8. The molecule has 0 bridgehead atoms. The van der Waals surface area contributed by atoms with Crippen LogP contribution in [0.15, 0.2) is 48.5 Å². The van der Waals surface area contributed by atoms with E-state index in [0.717, 1.165) is 16.0 Å². The number of hydrogen-bond acceptors (Lipinski definition) is 19. The number of carbonyl (C=O) groups excluding carboxylic acids is 6. The van der Waals surface area contributed by atoms with Crippen LogP contribution in [0, 0.1) is 11.8 Å². The molecule has 0 radical (unpaired) electrons. The van der Waals surface area contributed by atoms with Gasteiger partial charge in [-0.15, -0.1) is 0 Å². The van der Waals surface area contributed by atoms with E-state index in [4.69, 9.17) is 61.6 Å². The Morgan fingerprint density at radius 3 is 1.34 bits per heavy atom. The Balaban J connectivity index is 1.19. The third-order valence-corrected chi connectivity index (χ3v) is 11.5. The lowest BCUT2D eigenvalue weighted by atomic mass is 9.86. The van der Waals surface area contributed by atoms with E-state index >= 15 is 0 Å². The van der Waals surface area contributed by atoms with E-state index in [1.165, 1.54) is 0 Å². The number of amides is 3. The summed E-state index contributed by atoms with van der Waals surface area (Å²) >= 11 is 0. The fraction of sp³-hybridized carbons (Fsp3) is 0.673. The molecule has 0 spiro atoms. The second kappa shape index (κ2) is 42.3. The molecule has 1 aliphatic rings. The van der Waals surface area contributed by atoms with Crippen molar-refractivity contribution in [2.24, 2.45) is 11.8 Å². The molecule has 1 saturated heterocycles. The Labute approximate surface area is 448 Å². The Morgan fingerprint density at radius 1 is 0.539 bits per heavy atom. The van der Waals surface area contributed by atoms with Gasteiger partial charge in [0.15, 0.2) is 11.6 Å². The standard InChI is InChI=1S/C55H84N2O19/c1-5-54(62)76-42-46-8-6-44(7-9-46)38-47(58)41-56-55(63)49(43(2)3)40-51(59)50(57-52(60)14-15-53(57)61)39-45-10-12-48(13-11-45)75-37-36-74-35-34-73-33-32-72-31-30-71-29-28-70-27-26-69-25-24-68-23-22-67-21-20-66-19-18-65-17-16-64-4/h6-13,43,49-50H,5,14-42H2,1-4H3,(H,56,63)/t49-,50?/m0/s1. The monoisotopic (exact) mass is 1080 g/mol. The van der Waals surface area contributed by atoms with Gasteiger partial charge in [-0.25, -0.2) is 0 Å². The molecule has 1 N–H and O–H groups in total. The SMILES string of the molecule is CCC(=O)OCc1ccc(CC(=O)CNC(=O)[C@@H](CC(=O)C(Cc2ccc(OCCOCCOCCOCCOCCOCCOCCOCCOCCOCCOCCOC)cc2)N2C(=O)CCC2=O)C(C)C)cc1. The maximum atomic E-state index is 14.0. The summed E-state index contributed by atoms with van der Waals surface area (Å²) in [6.45, 7) is 15.4. The Bertz CT molecular complexity index is 1880.